The van der Waals surface area contributed by atoms with Gasteiger partial charge in [-0.2, -0.15) is 0 Å². The van der Waals surface area contributed by atoms with Gasteiger partial charge in [0.1, 0.15) is 0 Å². The Morgan fingerprint density at radius 3 is 2.50 bits per heavy atom. The maximum atomic E-state index is 12.8. The Balaban J connectivity index is 2.03. The normalized spacial score (nSPS) is 11.6. The van der Waals surface area contributed by atoms with Crippen LogP contribution in [0.5, 0.6) is 0 Å². The van der Waals surface area contributed by atoms with Crippen LogP contribution in [-0.2, 0) is 9.84 Å². The fourth-order valence-corrected chi connectivity index (χ4v) is 4.35. The van der Waals surface area contributed by atoms with Gasteiger partial charge in [-0.3, -0.25) is 9.69 Å². The van der Waals surface area contributed by atoms with Gasteiger partial charge in [-0.25, -0.2) is 13.4 Å². The number of sulfone groups is 1. The summed E-state index contributed by atoms with van der Waals surface area (Å²) in [5, 5.41) is 0.532. The Hall–Kier alpha value is -2.25. The number of thiazole rings is 1. The first-order chi connectivity index (χ1) is 11.4. The third kappa shape index (κ3) is 2.92. The van der Waals surface area contributed by atoms with Crippen molar-refractivity contribution in [1.82, 2.24) is 4.98 Å². The van der Waals surface area contributed by atoms with Crippen LogP contribution in [0, 0.1) is 0 Å². The topological polar surface area (TPSA) is 67.3 Å². The summed E-state index contributed by atoms with van der Waals surface area (Å²) in [6.45, 7) is 1.56. The highest BCUT2D eigenvalue weighted by Gasteiger charge is 2.24. The number of fused-ring (bicyclic) bond motifs is 1. The SMILES string of the molecule is CCS(=O)(=O)c1ccccc1C(=O)N(C)c1nc2ccccc2s1. The number of anilines is 1. The monoisotopic (exact) mass is 360 g/mol. The van der Waals surface area contributed by atoms with E-state index in [4.69, 9.17) is 0 Å². The van der Waals surface area contributed by atoms with Gasteiger partial charge in [0, 0.05) is 7.05 Å². The van der Waals surface area contributed by atoms with Gasteiger partial charge >= 0.3 is 0 Å². The van der Waals surface area contributed by atoms with E-state index in [1.807, 2.05) is 24.3 Å². The highest BCUT2D eigenvalue weighted by molar-refractivity contribution is 7.91. The molecule has 0 N–H and O–H groups in total. The summed E-state index contributed by atoms with van der Waals surface area (Å²) in [5.41, 5.74) is 0.979. The molecule has 3 rings (SSSR count). The number of amides is 1. The second-order valence-electron chi connectivity index (χ2n) is 5.23. The zero-order valence-electron chi connectivity index (χ0n) is 13.3. The summed E-state index contributed by atoms with van der Waals surface area (Å²) in [5.74, 6) is -0.441. The maximum absolute atomic E-state index is 12.8. The van der Waals surface area contributed by atoms with Crippen LogP contribution in [0.3, 0.4) is 0 Å². The Labute approximate surface area is 144 Å². The van der Waals surface area contributed by atoms with Gasteiger partial charge in [0.25, 0.3) is 5.91 Å². The number of carbonyl (C=O) groups is 1. The van der Waals surface area contributed by atoms with E-state index in [1.54, 1.807) is 26.1 Å². The van der Waals surface area contributed by atoms with Gasteiger partial charge in [0.05, 0.1) is 26.4 Å². The summed E-state index contributed by atoms with van der Waals surface area (Å²) in [6.07, 6.45) is 0. The molecular formula is C17H16N2O3S2. The third-order valence-corrected chi connectivity index (χ3v) is 6.61. The molecule has 3 aromatic rings. The summed E-state index contributed by atoms with van der Waals surface area (Å²) < 4.78 is 25.5. The lowest BCUT2D eigenvalue weighted by molar-refractivity contribution is 0.0990. The third-order valence-electron chi connectivity index (χ3n) is 3.71. The van der Waals surface area contributed by atoms with Gasteiger partial charge in [0.2, 0.25) is 0 Å². The molecule has 1 aromatic heterocycles. The van der Waals surface area contributed by atoms with Crippen molar-refractivity contribution < 1.29 is 13.2 Å². The molecule has 0 unspecified atom stereocenters. The molecule has 0 aliphatic rings. The van der Waals surface area contributed by atoms with Crippen LogP contribution >= 0.6 is 11.3 Å². The molecule has 124 valence electrons. The van der Waals surface area contributed by atoms with Crippen molar-refractivity contribution in [3.05, 3.63) is 54.1 Å². The molecule has 0 bridgehead atoms. The van der Waals surface area contributed by atoms with E-state index >= 15 is 0 Å². The van der Waals surface area contributed by atoms with Crippen LogP contribution in [-0.4, -0.2) is 32.1 Å². The number of rotatable bonds is 4. The van der Waals surface area contributed by atoms with E-state index in [-0.39, 0.29) is 22.1 Å². The van der Waals surface area contributed by atoms with Crippen LogP contribution in [0.1, 0.15) is 17.3 Å². The van der Waals surface area contributed by atoms with Gasteiger partial charge in [0.15, 0.2) is 15.0 Å². The quantitative estimate of drug-likeness (QED) is 0.715. The van der Waals surface area contributed by atoms with Crippen molar-refractivity contribution in [2.45, 2.75) is 11.8 Å². The van der Waals surface area contributed by atoms with E-state index in [2.05, 4.69) is 4.98 Å². The largest absolute Gasteiger partial charge is 0.287 e. The number of nitrogens with zero attached hydrogens (tertiary/aromatic N) is 2. The van der Waals surface area contributed by atoms with Crippen molar-refractivity contribution in [2.75, 3.05) is 17.7 Å². The highest BCUT2D eigenvalue weighted by Crippen LogP contribution is 2.29. The lowest BCUT2D eigenvalue weighted by atomic mass is 10.2. The Kier molecular flexibility index (Phi) is 4.38. The smallest absolute Gasteiger partial charge is 0.261 e. The van der Waals surface area contributed by atoms with Crippen LogP contribution in [0.15, 0.2) is 53.4 Å². The molecule has 0 saturated carbocycles. The zero-order chi connectivity index (χ0) is 17.3. The molecule has 24 heavy (non-hydrogen) atoms. The number of hydrogen-bond acceptors (Lipinski definition) is 5. The average molecular weight is 360 g/mol. The van der Waals surface area contributed by atoms with Gasteiger partial charge < -0.3 is 0 Å². The van der Waals surface area contributed by atoms with Crippen LogP contribution in [0.25, 0.3) is 10.2 Å². The number of para-hydroxylation sites is 1. The van der Waals surface area contributed by atoms with Crippen molar-refractivity contribution in [3.8, 4) is 0 Å². The number of benzene rings is 2. The Bertz CT molecular complexity index is 976. The molecule has 0 atom stereocenters. The lowest BCUT2D eigenvalue weighted by Gasteiger charge is -2.16. The van der Waals surface area contributed by atoms with Crippen LogP contribution < -0.4 is 4.90 Å². The van der Waals surface area contributed by atoms with Crippen molar-refractivity contribution in [3.63, 3.8) is 0 Å². The molecule has 0 aliphatic carbocycles. The van der Waals surface area contributed by atoms with Crippen molar-refractivity contribution >= 4 is 42.4 Å². The Morgan fingerprint density at radius 2 is 1.79 bits per heavy atom. The molecule has 0 saturated heterocycles. The Morgan fingerprint density at radius 1 is 1.12 bits per heavy atom. The second-order valence-corrected chi connectivity index (χ2v) is 8.48. The molecule has 0 fully saturated rings. The number of hydrogen-bond donors (Lipinski definition) is 0. The summed E-state index contributed by atoms with van der Waals surface area (Å²) >= 11 is 1.39. The molecule has 1 amide bonds. The van der Waals surface area contributed by atoms with Crippen LogP contribution in [0.4, 0.5) is 5.13 Å². The first kappa shape index (κ1) is 16.6. The summed E-state index contributed by atoms with van der Waals surface area (Å²) in [6, 6.07) is 13.9. The van der Waals surface area contributed by atoms with E-state index in [1.165, 1.54) is 28.4 Å². The fourth-order valence-electron chi connectivity index (χ4n) is 2.34. The predicted octanol–water partition coefficient (Wildman–Crippen LogP) is 3.37. The van der Waals surface area contributed by atoms with Gasteiger partial charge in [-0.05, 0) is 24.3 Å². The number of aromatic nitrogens is 1. The van der Waals surface area contributed by atoms with E-state index in [0.29, 0.717) is 5.13 Å². The lowest BCUT2D eigenvalue weighted by Crippen LogP contribution is -2.27. The molecule has 5 nitrogen and oxygen atoms in total. The molecule has 0 spiro atoms. The number of carbonyl (C=O) groups excluding carboxylic acids is 1. The molecule has 0 radical (unpaired) electrons. The summed E-state index contributed by atoms with van der Waals surface area (Å²) in [7, 11) is -1.87. The molecule has 2 aromatic carbocycles. The second kappa shape index (κ2) is 6.33. The zero-order valence-corrected chi connectivity index (χ0v) is 14.9. The molecule has 7 heteroatoms. The maximum Gasteiger partial charge on any atom is 0.261 e. The first-order valence-corrected chi connectivity index (χ1v) is 9.86. The molecular weight excluding hydrogens is 344 g/mol. The highest BCUT2D eigenvalue weighted by atomic mass is 32.2. The summed E-state index contributed by atoms with van der Waals surface area (Å²) in [4.78, 5) is 18.7. The van der Waals surface area contributed by atoms with E-state index in [9.17, 15) is 13.2 Å². The van der Waals surface area contributed by atoms with Gasteiger partial charge in [-0.15, -0.1) is 0 Å². The predicted molar refractivity (Wildman–Crippen MR) is 96.5 cm³/mol. The fraction of sp³-hybridized carbons (Fsp3) is 0.176. The first-order valence-electron chi connectivity index (χ1n) is 7.39. The van der Waals surface area contributed by atoms with E-state index < -0.39 is 9.84 Å². The van der Waals surface area contributed by atoms with E-state index in [0.717, 1.165) is 10.2 Å². The van der Waals surface area contributed by atoms with Crippen molar-refractivity contribution in [2.24, 2.45) is 0 Å². The molecule has 0 aliphatic heterocycles. The van der Waals surface area contributed by atoms with Gasteiger partial charge in [-0.1, -0.05) is 42.5 Å². The molecule has 1 heterocycles. The van der Waals surface area contributed by atoms with Crippen molar-refractivity contribution in [1.29, 1.82) is 0 Å². The van der Waals surface area contributed by atoms with Crippen LogP contribution in [0.2, 0.25) is 0 Å². The minimum Gasteiger partial charge on any atom is -0.287 e. The minimum absolute atomic E-state index is 0.0534. The minimum atomic E-state index is -3.48. The standard InChI is InChI=1S/C17H16N2O3S2/c1-3-24(21,22)15-11-7-4-8-12(15)16(20)19(2)17-18-13-9-5-6-10-14(13)23-17/h4-11H,3H2,1-2H3. The average Bonchev–Trinajstić information content (AvgIpc) is 3.04.